The van der Waals surface area contributed by atoms with Crippen LogP contribution in [-0.2, 0) is 0 Å². The number of thiophene rings is 1. The maximum Gasteiger partial charge on any atom is 0.235 e. The van der Waals surface area contributed by atoms with Crippen LogP contribution in [0.1, 0.15) is 0 Å². The third-order valence-electron chi connectivity index (χ3n) is 9.97. The molecule has 0 radical (unpaired) electrons. The minimum atomic E-state index is 0.676. The average molecular weight is 628 g/mol. The maximum atomic E-state index is 5.50. The largest absolute Gasteiger partial charge is 0.278 e. The highest BCUT2D eigenvalue weighted by molar-refractivity contribution is 7.26. The summed E-state index contributed by atoms with van der Waals surface area (Å²) in [7, 11) is 0. The summed E-state index contributed by atoms with van der Waals surface area (Å²) in [5, 5.41) is 13.3. The number of benzene rings is 8. The van der Waals surface area contributed by atoms with Crippen LogP contribution in [-0.4, -0.2) is 14.5 Å². The van der Waals surface area contributed by atoms with E-state index in [1.807, 2.05) is 11.3 Å². The molecule has 0 fully saturated rings. The molecule has 0 amide bonds. The molecule has 11 aromatic rings. The monoisotopic (exact) mass is 627 g/mol. The van der Waals surface area contributed by atoms with Crippen LogP contribution < -0.4 is 0 Å². The van der Waals surface area contributed by atoms with Gasteiger partial charge in [-0.3, -0.25) is 4.57 Å². The summed E-state index contributed by atoms with van der Waals surface area (Å²) in [6.07, 6.45) is 0. The molecule has 11 rings (SSSR count). The van der Waals surface area contributed by atoms with Gasteiger partial charge in [-0.25, -0.2) is 9.97 Å². The topological polar surface area (TPSA) is 30.7 Å². The van der Waals surface area contributed by atoms with Crippen molar-refractivity contribution in [2.45, 2.75) is 0 Å². The van der Waals surface area contributed by atoms with Crippen molar-refractivity contribution in [1.29, 1.82) is 0 Å². The van der Waals surface area contributed by atoms with E-state index in [0.717, 1.165) is 44.0 Å². The first-order chi connectivity index (χ1) is 23.8. The average Bonchev–Trinajstić information content (AvgIpc) is 3.70. The molecular weight excluding hydrogens is 603 g/mol. The molecule has 0 spiro atoms. The summed E-state index contributed by atoms with van der Waals surface area (Å²) >= 11 is 1.88. The molecule has 4 heteroatoms. The Hall–Kier alpha value is -6.10. The molecule has 8 aromatic carbocycles. The molecule has 0 aliphatic heterocycles. The summed E-state index contributed by atoms with van der Waals surface area (Å²) in [6, 6.07) is 54.5. The highest BCUT2D eigenvalue weighted by Crippen LogP contribution is 2.43. The van der Waals surface area contributed by atoms with Crippen molar-refractivity contribution < 1.29 is 0 Å². The fraction of sp³-hybridized carbons (Fsp3) is 0. The second-order valence-electron chi connectivity index (χ2n) is 12.5. The summed E-state index contributed by atoms with van der Waals surface area (Å²) in [4.78, 5) is 11.0. The number of fused-ring (bicyclic) bond motifs is 14. The van der Waals surface area contributed by atoms with E-state index in [-0.39, 0.29) is 0 Å². The Morgan fingerprint density at radius 3 is 1.94 bits per heavy atom. The first-order valence-corrected chi connectivity index (χ1v) is 17.1. The third-order valence-corrected chi connectivity index (χ3v) is 11.2. The lowest BCUT2D eigenvalue weighted by molar-refractivity contribution is 1.02. The number of nitrogens with zero attached hydrogens (tertiary/aromatic N) is 3. The van der Waals surface area contributed by atoms with E-state index >= 15 is 0 Å². The Balaban J connectivity index is 1.31. The first kappa shape index (κ1) is 26.0. The van der Waals surface area contributed by atoms with Gasteiger partial charge in [0.1, 0.15) is 0 Å². The van der Waals surface area contributed by atoms with Crippen LogP contribution in [0.2, 0.25) is 0 Å². The highest BCUT2D eigenvalue weighted by atomic mass is 32.1. The number of para-hydroxylation sites is 1. The lowest BCUT2D eigenvalue weighted by atomic mass is 9.94. The lowest BCUT2D eigenvalue weighted by Gasteiger charge is -2.16. The molecule has 0 N–H and O–H groups in total. The molecule has 0 saturated heterocycles. The van der Waals surface area contributed by atoms with Gasteiger partial charge in [-0.05, 0) is 45.8 Å². The molecular formula is C44H25N3S. The van der Waals surface area contributed by atoms with Crippen LogP contribution in [0.3, 0.4) is 0 Å². The molecule has 0 aliphatic rings. The molecule has 3 aromatic heterocycles. The Morgan fingerprint density at radius 2 is 1.10 bits per heavy atom. The summed E-state index contributed by atoms with van der Waals surface area (Å²) in [5.41, 5.74) is 5.18. The van der Waals surface area contributed by atoms with Gasteiger partial charge in [-0.1, -0.05) is 127 Å². The number of hydrogen-bond donors (Lipinski definition) is 0. The van der Waals surface area contributed by atoms with Gasteiger partial charge in [0.2, 0.25) is 5.95 Å². The highest BCUT2D eigenvalue weighted by Gasteiger charge is 2.21. The smallest absolute Gasteiger partial charge is 0.235 e. The van der Waals surface area contributed by atoms with Crippen molar-refractivity contribution in [3.63, 3.8) is 0 Å². The van der Waals surface area contributed by atoms with Gasteiger partial charge < -0.3 is 0 Å². The Kier molecular flexibility index (Phi) is 5.26. The minimum absolute atomic E-state index is 0.676. The summed E-state index contributed by atoms with van der Waals surface area (Å²) < 4.78 is 4.93. The quantitative estimate of drug-likeness (QED) is 0.179. The van der Waals surface area contributed by atoms with Crippen LogP contribution >= 0.6 is 11.3 Å². The van der Waals surface area contributed by atoms with Gasteiger partial charge in [-0.15, -0.1) is 11.3 Å². The van der Waals surface area contributed by atoms with Gasteiger partial charge >= 0.3 is 0 Å². The number of rotatable bonds is 2. The number of aromatic nitrogens is 3. The fourth-order valence-electron chi connectivity index (χ4n) is 7.85. The lowest BCUT2D eigenvalue weighted by Crippen LogP contribution is -2.04. The van der Waals surface area contributed by atoms with Crippen molar-refractivity contribution in [3.05, 3.63) is 152 Å². The van der Waals surface area contributed by atoms with Gasteiger partial charge in [0.05, 0.1) is 22.2 Å². The Bertz CT molecular complexity index is 3120. The summed E-state index contributed by atoms with van der Waals surface area (Å²) in [6.45, 7) is 0. The standard InChI is InChI=1S/C44H25N3S/c1-2-12-26(13-3-1)41-40-32-18-6-4-14-28(32)29-15-5-7-19-33(29)42(40)46-44(45-41)47-37-20-10-8-16-30(37)36-25-35-27(24-38(36)47)22-23-34-31-17-9-11-21-39(31)48-43(34)35/h1-25H. The van der Waals surface area contributed by atoms with E-state index in [1.165, 1.54) is 52.5 Å². The van der Waals surface area contributed by atoms with Gasteiger partial charge in [0.25, 0.3) is 0 Å². The molecule has 0 bridgehead atoms. The van der Waals surface area contributed by atoms with E-state index < -0.39 is 0 Å². The first-order valence-electron chi connectivity index (χ1n) is 16.3. The van der Waals surface area contributed by atoms with Crippen molar-refractivity contribution in [1.82, 2.24) is 14.5 Å². The predicted octanol–water partition coefficient (Wildman–Crippen LogP) is 12.2. The zero-order chi connectivity index (χ0) is 31.3. The van der Waals surface area contributed by atoms with E-state index in [9.17, 15) is 0 Å². The van der Waals surface area contributed by atoms with Crippen LogP contribution in [0.25, 0.3) is 102 Å². The Morgan fingerprint density at radius 1 is 0.438 bits per heavy atom. The van der Waals surface area contributed by atoms with E-state index in [2.05, 4.69) is 156 Å². The minimum Gasteiger partial charge on any atom is -0.278 e. The van der Waals surface area contributed by atoms with Crippen molar-refractivity contribution in [3.8, 4) is 17.2 Å². The molecule has 48 heavy (non-hydrogen) atoms. The van der Waals surface area contributed by atoms with Gasteiger partial charge in [0.15, 0.2) is 0 Å². The maximum absolute atomic E-state index is 5.50. The molecule has 3 nitrogen and oxygen atoms in total. The molecule has 3 heterocycles. The second-order valence-corrected chi connectivity index (χ2v) is 13.6. The number of hydrogen-bond acceptors (Lipinski definition) is 3. The molecule has 222 valence electrons. The third kappa shape index (κ3) is 3.52. The molecule has 0 unspecified atom stereocenters. The van der Waals surface area contributed by atoms with Crippen LogP contribution in [0.4, 0.5) is 0 Å². The molecule has 0 atom stereocenters. The van der Waals surface area contributed by atoms with Crippen LogP contribution in [0.5, 0.6) is 0 Å². The summed E-state index contributed by atoms with van der Waals surface area (Å²) in [5.74, 6) is 0.676. The van der Waals surface area contributed by atoms with E-state index in [4.69, 9.17) is 9.97 Å². The van der Waals surface area contributed by atoms with Crippen LogP contribution in [0, 0.1) is 0 Å². The predicted molar refractivity (Wildman–Crippen MR) is 205 cm³/mol. The van der Waals surface area contributed by atoms with Crippen molar-refractivity contribution in [2.75, 3.05) is 0 Å². The fourth-order valence-corrected chi connectivity index (χ4v) is 9.08. The SMILES string of the molecule is c1ccc(-c2nc(-n3c4ccccc4c4cc5c(ccc6c7ccccc7sc56)cc43)nc3c4ccccc4c4ccccc4c23)cc1. The van der Waals surface area contributed by atoms with E-state index in [1.54, 1.807) is 0 Å². The zero-order valence-corrected chi connectivity index (χ0v) is 26.5. The van der Waals surface area contributed by atoms with Gasteiger partial charge in [0, 0.05) is 52.7 Å². The normalized spacial score (nSPS) is 12.2. The second kappa shape index (κ2) is 9.71. The van der Waals surface area contributed by atoms with Gasteiger partial charge in [-0.2, -0.15) is 0 Å². The van der Waals surface area contributed by atoms with Crippen molar-refractivity contribution in [2.24, 2.45) is 0 Å². The molecule has 0 aliphatic carbocycles. The Labute approximate surface area is 278 Å². The molecule has 0 saturated carbocycles. The van der Waals surface area contributed by atoms with Crippen LogP contribution in [0.15, 0.2) is 152 Å². The van der Waals surface area contributed by atoms with Crippen molar-refractivity contribution >= 4 is 96.5 Å². The van der Waals surface area contributed by atoms with E-state index in [0.29, 0.717) is 5.95 Å². The zero-order valence-electron chi connectivity index (χ0n) is 25.7.